The van der Waals surface area contributed by atoms with Crippen molar-refractivity contribution in [2.24, 2.45) is 0 Å². The van der Waals surface area contributed by atoms with E-state index in [1.807, 2.05) is 0 Å². The minimum Gasteiger partial charge on any atom is -0.406 e. The molecule has 0 aliphatic carbocycles. The van der Waals surface area contributed by atoms with Crippen LogP contribution in [-0.2, 0) is 25.0 Å². The first-order valence-electron chi connectivity index (χ1n) is 9.56. The summed E-state index contributed by atoms with van der Waals surface area (Å²) in [4.78, 5) is -0.360. The first kappa shape index (κ1) is 24.2. The van der Waals surface area contributed by atoms with E-state index in [0.717, 1.165) is 28.6 Å². The molecule has 2 saturated heterocycles. The fourth-order valence-corrected chi connectivity index (χ4v) is 6.81. The lowest BCUT2D eigenvalue weighted by Crippen LogP contribution is -2.57. The van der Waals surface area contributed by atoms with Crippen molar-refractivity contribution in [1.82, 2.24) is 12.9 Å². The molecular weight excluding hydrogens is 463 g/mol. The summed E-state index contributed by atoms with van der Waals surface area (Å²) < 4.78 is 102. The number of nitrogens with zero attached hydrogens (tertiary/aromatic N) is 3. The van der Waals surface area contributed by atoms with Crippen molar-refractivity contribution >= 4 is 20.2 Å². The van der Waals surface area contributed by atoms with E-state index in [1.54, 1.807) is 13.8 Å². The second-order valence-electron chi connectivity index (χ2n) is 7.41. The minimum absolute atomic E-state index is 0.0690. The molecule has 0 N–H and O–H groups in total. The Bertz CT molecular complexity index is 985. The molecule has 3 rings (SSSR count). The summed E-state index contributed by atoms with van der Waals surface area (Å²) in [6.07, 6.45) is -5.46. The molecule has 0 saturated carbocycles. The van der Waals surface area contributed by atoms with Crippen LogP contribution < -0.4 is 4.74 Å². The van der Waals surface area contributed by atoms with E-state index in [0.29, 0.717) is 0 Å². The number of piperazine rings is 1. The number of sulfonamides is 1. The maximum absolute atomic E-state index is 12.9. The van der Waals surface area contributed by atoms with Crippen LogP contribution in [0.1, 0.15) is 13.8 Å². The molecule has 2 aliphatic rings. The Morgan fingerprint density at radius 3 is 2.03 bits per heavy atom. The van der Waals surface area contributed by atoms with Crippen molar-refractivity contribution in [3.63, 3.8) is 0 Å². The van der Waals surface area contributed by atoms with Crippen LogP contribution in [0.25, 0.3) is 0 Å². The number of alkyl halides is 3. The molecule has 0 spiro atoms. The van der Waals surface area contributed by atoms with E-state index in [2.05, 4.69) is 4.74 Å². The zero-order valence-electron chi connectivity index (χ0n) is 16.9. The minimum atomic E-state index is -4.95. The molecular formula is C17H24F3N3O6S2. The Kier molecular flexibility index (Phi) is 6.89. The van der Waals surface area contributed by atoms with Crippen LogP contribution in [0.3, 0.4) is 0 Å². The Hall–Kier alpha value is -1.45. The van der Waals surface area contributed by atoms with Gasteiger partial charge in [0.1, 0.15) is 5.75 Å². The second-order valence-corrected chi connectivity index (χ2v) is 11.3. The van der Waals surface area contributed by atoms with Crippen molar-refractivity contribution in [3.8, 4) is 5.75 Å². The number of hydrogen-bond acceptors (Lipinski definition) is 6. The highest BCUT2D eigenvalue weighted by molar-refractivity contribution is 7.89. The van der Waals surface area contributed by atoms with E-state index in [-0.39, 0.29) is 56.4 Å². The molecule has 14 heteroatoms. The predicted molar refractivity (Wildman–Crippen MR) is 104 cm³/mol. The predicted octanol–water partition coefficient (Wildman–Crippen LogP) is 1.25. The fraction of sp³-hybridized carbons (Fsp3) is 0.647. The van der Waals surface area contributed by atoms with Gasteiger partial charge in [-0.15, -0.1) is 13.2 Å². The Morgan fingerprint density at radius 1 is 0.935 bits per heavy atom. The van der Waals surface area contributed by atoms with Crippen LogP contribution in [0.2, 0.25) is 0 Å². The number of halogens is 3. The lowest BCUT2D eigenvalue weighted by atomic mass is 10.3. The second kappa shape index (κ2) is 8.83. The van der Waals surface area contributed by atoms with Crippen molar-refractivity contribution in [2.75, 3.05) is 39.3 Å². The number of rotatable bonds is 5. The SMILES string of the molecule is CC1CN(S(=O)(=O)N2CCN(S(=O)(=O)c3cccc(OC(F)(F)F)c3)CC2)CC(C)O1. The molecule has 9 nitrogen and oxygen atoms in total. The number of benzene rings is 1. The third-order valence-corrected chi connectivity index (χ3v) is 8.78. The van der Waals surface area contributed by atoms with Gasteiger partial charge >= 0.3 is 6.36 Å². The zero-order valence-corrected chi connectivity index (χ0v) is 18.6. The maximum atomic E-state index is 12.9. The van der Waals surface area contributed by atoms with Crippen molar-refractivity contribution in [2.45, 2.75) is 37.3 Å². The monoisotopic (exact) mass is 487 g/mol. The van der Waals surface area contributed by atoms with Gasteiger partial charge in [0, 0.05) is 45.3 Å². The topological polar surface area (TPSA) is 96.5 Å². The highest BCUT2D eigenvalue weighted by Gasteiger charge is 2.39. The quantitative estimate of drug-likeness (QED) is 0.620. The molecule has 2 unspecified atom stereocenters. The number of ether oxygens (including phenoxy) is 2. The molecule has 1 aromatic carbocycles. The zero-order chi connectivity index (χ0) is 23.0. The molecule has 2 aliphatic heterocycles. The van der Waals surface area contributed by atoms with Crippen LogP contribution in [-0.4, -0.2) is 87.6 Å². The molecule has 0 amide bonds. The van der Waals surface area contributed by atoms with Gasteiger partial charge in [-0.05, 0) is 26.0 Å². The average Bonchev–Trinajstić information content (AvgIpc) is 2.66. The Morgan fingerprint density at radius 2 is 1.48 bits per heavy atom. The highest BCUT2D eigenvalue weighted by atomic mass is 32.2. The molecule has 31 heavy (non-hydrogen) atoms. The van der Waals surface area contributed by atoms with Gasteiger partial charge < -0.3 is 9.47 Å². The number of hydrogen-bond donors (Lipinski definition) is 0. The maximum Gasteiger partial charge on any atom is 0.573 e. The van der Waals surface area contributed by atoms with E-state index in [9.17, 15) is 30.0 Å². The molecule has 0 aromatic heterocycles. The summed E-state index contributed by atoms with van der Waals surface area (Å²) in [7, 11) is -7.91. The smallest absolute Gasteiger partial charge is 0.406 e. The summed E-state index contributed by atoms with van der Waals surface area (Å²) >= 11 is 0. The summed E-state index contributed by atoms with van der Waals surface area (Å²) in [6, 6.07) is 4.11. The summed E-state index contributed by atoms with van der Waals surface area (Å²) in [5, 5.41) is 0. The van der Waals surface area contributed by atoms with Crippen molar-refractivity contribution in [1.29, 1.82) is 0 Å². The van der Waals surface area contributed by atoms with Gasteiger partial charge in [-0.1, -0.05) is 6.07 Å². The van der Waals surface area contributed by atoms with Gasteiger partial charge in [0.15, 0.2) is 0 Å². The van der Waals surface area contributed by atoms with Crippen LogP contribution in [0.5, 0.6) is 5.75 Å². The summed E-state index contributed by atoms with van der Waals surface area (Å²) in [5.41, 5.74) is 0. The van der Waals surface area contributed by atoms with Gasteiger partial charge in [0.05, 0.1) is 17.1 Å². The van der Waals surface area contributed by atoms with E-state index < -0.39 is 32.3 Å². The molecule has 2 fully saturated rings. The van der Waals surface area contributed by atoms with Gasteiger partial charge in [-0.25, -0.2) is 8.42 Å². The van der Waals surface area contributed by atoms with Gasteiger partial charge in [0.25, 0.3) is 10.2 Å². The first-order valence-corrected chi connectivity index (χ1v) is 12.4. The third-order valence-electron chi connectivity index (χ3n) is 4.91. The fourth-order valence-electron chi connectivity index (χ4n) is 3.60. The number of morpholine rings is 1. The first-order chi connectivity index (χ1) is 14.3. The molecule has 2 heterocycles. The van der Waals surface area contributed by atoms with Crippen LogP contribution in [0, 0.1) is 0 Å². The van der Waals surface area contributed by atoms with Gasteiger partial charge in [-0.3, -0.25) is 0 Å². The lowest BCUT2D eigenvalue weighted by Gasteiger charge is -2.40. The van der Waals surface area contributed by atoms with Crippen molar-refractivity contribution in [3.05, 3.63) is 24.3 Å². The molecule has 0 bridgehead atoms. The van der Waals surface area contributed by atoms with E-state index in [1.165, 1.54) is 8.61 Å². The van der Waals surface area contributed by atoms with Gasteiger partial charge in [-0.2, -0.15) is 21.3 Å². The van der Waals surface area contributed by atoms with Crippen LogP contribution in [0.4, 0.5) is 13.2 Å². The van der Waals surface area contributed by atoms with Gasteiger partial charge in [0.2, 0.25) is 10.0 Å². The highest BCUT2D eigenvalue weighted by Crippen LogP contribution is 2.27. The van der Waals surface area contributed by atoms with Crippen LogP contribution >= 0.6 is 0 Å². The van der Waals surface area contributed by atoms with Crippen LogP contribution in [0.15, 0.2) is 29.2 Å². The lowest BCUT2D eigenvalue weighted by molar-refractivity contribution is -0.274. The molecule has 2 atom stereocenters. The molecule has 1 aromatic rings. The molecule has 176 valence electrons. The molecule has 0 radical (unpaired) electrons. The Labute approximate surface area is 179 Å². The standard InChI is InChI=1S/C17H24F3N3O6S2/c1-13-11-23(12-14(2)28-13)31(26,27)22-8-6-21(7-9-22)30(24,25)16-5-3-4-15(10-16)29-17(18,19)20/h3-5,10,13-14H,6-9,11-12H2,1-2H3. The Balaban J connectivity index is 1.69. The van der Waals surface area contributed by atoms with Crippen molar-refractivity contribution < 1.29 is 39.5 Å². The summed E-state index contributed by atoms with van der Waals surface area (Å²) in [6.45, 7) is 3.58. The largest absolute Gasteiger partial charge is 0.573 e. The van der Waals surface area contributed by atoms with E-state index >= 15 is 0 Å². The normalized spacial score (nSPS) is 25.5. The third kappa shape index (κ3) is 5.68. The van der Waals surface area contributed by atoms with E-state index in [4.69, 9.17) is 4.74 Å². The summed E-state index contributed by atoms with van der Waals surface area (Å²) in [5.74, 6) is -0.648. The average molecular weight is 488 g/mol.